The van der Waals surface area contributed by atoms with Crippen LogP contribution >= 0.6 is 0 Å². The number of piperazine rings is 1. The van der Waals surface area contributed by atoms with Gasteiger partial charge in [-0.25, -0.2) is 0 Å². The topological polar surface area (TPSA) is 27.7 Å². The zero-order valence-corrected chi connectivity index (χ0v) is 13.6. The molecule has 0 radical (unpaired) electrons. The molecule has 1 saturated heterocycles. The van der Waals surface area contributed by atoms with Crippen molar-refractivity contribution in [3.05, 3.63) is 29.8 Å². The maximum Gasteiger partial charge on any atom is 0.124 e. The first-order valence-electron chi connectivity index (χ1n) is 8.06. The van der Waals surface area contributed by atoms with Crippen molar-refractivity contribution in [2.75, 3.05) is 52.9 Å². The number of hydrogen-bond acceptors (Lipinski definition) is 4. The molecule has 1 aliphatic heterocycles. The van der Waals surface area contributed by atoms with Crippen molar-refractivity contribution in [2.45, 2.75) is 19.9 Å². The van der Waals surface area contributed by atoms with Gasteiger partial charge in [-0.3, -0.25) is 4.90 Å². The number of ether oxygens (including phenoxy) is 1. The lowest BCUT2D eigenvalue weighted by Crippen LogP contribution is -2.45. The highest BCUT2D eigenvalue weighted by molar-refractivity contribution is 5.35. The van der Waals surface area contributed by atoms with Crippen LogP contribution in [0.3, 0.4) is 0 Å². The van der Waals surface area contributed by atoms with Crippen LogP contribution in [0.5, 0.6) is 5.75 Å². The first-order valence-corrected chi connectivity index (χ1v) is 8.06. The number of hydrogen-bond donors (Lipinski definition) is 1. The Hall–Kier alpha value is -1.10. The van der Waals surface area contributed by atoms with Crippen LogP contribution in [-0.4, -0.2) is 62.7 Å². The van der Waals surface area contributed by atoms with E-state index in [1.807, 2.05) is 6.07 Å². The molecule has 21 heavy (non-hydrogen) atoms. The highest BCUT2D eigenvalue weighted by Crippen LogP contribution is 2.24. The monoisotopic (exact) mass is 291 g/mol. The predicted octanol–water partition coefficient (Wildman–Crippen LogP) is 1.98. The highest BCUT2D eigenvalue weighted by atomic mass is 16.5. The Bertz CT molecular complexity index is 416. The lowest BCUT2D eigenvalue weighted by molar-refractivity contribution is 0.133. The summed E-state index contributed by atoms with van der Waals surface area (Å²) in [7, 11) is 2.19. The molecule has 1 aromatic rings. The smallest absolute Gasteiger partial charge is 0.124 e. The zero-order chi connectivity index (χ0) is 15.1. The van der Waals surface area contributed by atoms with E-state index in [9.17, 15) is 0 Å². The fourth-order valence-electron chi connectivity index (χ4n) is 2.74. The van der Waals surface area contributed by atoms with Gasteiger partial charge in [0.15, 0.2) is 0 Å². The second-order valence-corrected chi connectivity index (χ2v) is 5.81. The Morgan fingerprint density at radius 3 is 2.62 bits per heavy atom. The summed E-state index contributed by atoms with van der Waals surface area (Å²) in [6.07, 6.45) is 0. The minimum absolute atomic E-state index is 0.329. The van der Waals surface area contributed by atoms with E-state index < -0.39 is 0 Å². The third-order valence-electron chi connectivity index (χ3n) is 4.16. The van der Waals surface area contributed by atoms with Crippen molar-refractivity contribution in [1.29, 1.82) is 0 Å². The number of nitrogens with one attached hydrogen (secondary N) is 1. The van der Waals surface area contributed by atoms with Crippen molar-refractivity contribution in [3.63, 3.8) is 0 Å². The first-order chi connectivity index (χ1) is 10.2. The maximum atomic E-state index is 6.04. The van der Waals surface area contributed by atoms with Crippen molar-refractivity contribution in [3.8, 4) is 5.75 Å². The Balaban J connectivity index is 1.82. The molecule has 0 saturated carbocycles. The van der Waals surface area contributed by atoms with Crippen molar-refractivity contribution in [1.82, 2.24) is 15.1 Å². The van der Waals surface area contributed by atoms with Crippen LogP contribution in [0.25, 0.3) is 0 Å². The fraction of sp³-hybridized carbons (Fsp3) is 0.647. The lowest BCUT2D eigenvalue weighted by atomic mass is 10.1. The van der Waals surface area contributed by atoms with Gasteiger partial charge < -0.3 is 15.0 Å². The molecule has 0 amide bonds. The SMILES string of the molecule is CCNC(C)c1ccccc1OCCN1CCN(C)CC1. The average molecular weight is 291 g/mol. The average Bonchev–Trinajstić information content (AvgIpc) is 2.50. The van der Waals surface area contributed by atoms with Crippen molar-refractivity contribution in [2.24, 2.45) is 0 Å². The quantitative estimate of drug-likeness (QED) is 0.831. The van der Waals surface area contributed by atoms with E-state index in [-0.39, 0.29) is 0 Å². The van der Waals surface area contributed by atoms with Gasteiger partial charge in [0.2, 0.25) is 0 Å². The molecule has 1 fully saturated rings. The Labute approximate surface area is 129 Å². The molecular weight excluding hydrogens is 262 g/mol. The van der Waals surface area contributed by atoms with Gasteiger partial charge in [0, 0.05) is 44.3 Å². The summed E-state index contributed by atoms with van der Waals surface area (Å²) in [6.45, 7) is 11.7. The second-order valence-electron chi connectivity index (χ2n) is 5.81. The summed E-state index contributed by atoms with van der Waals surface area (Å²) >= 11 is 0. The van der Waals surface area contributed by atoms with Gasteiger partial charge in [-0.1, -0.05) is 25.1 Å². The van der Waals surface area contributed by atoms with E-state index in [0.29, 0.717) is 6.04 Å². The first kappa shape index (κ1) is 16.3. The highest BCUT2D eigenvalue weighted by Gasteiger charge is 2.14. The normalized spacial score (nSPS) is 18.6. The number of likely N-dealkylation sites (N-methyl/N-ethyl adjacent to an activating group) is 1. The van der Waals surface area contributed by atoms with Crippen LogP contribution in [-0.2, 0) is 0 Å². The fourth-order valence-corrected chi connectivity index (χ4v) is 2.74. The third kappa shape index (κ3) is 4.99. The van der Waals surface area contributed by atoms with E-state index in [4.69, 9.17) is 4.74 Å². The van der Waals surface area contributed by atoms with Gasteiger partial charge in [0.05, 0.1) is 0 Å². The molecule has 4 nitrogen and oxygen atoms in total. The van der Waals surface area contributed by atoms with Gasteiger partial charge >= 0.3 is 0 Å². The Morgan fingerprint density at radius 2 is 1.90 bits per heavy atom. The largest absolute Gasteiger partial charge is 0.492 e. The van der Waals surface area contributed by atoms with E-state index in [0.717, 1.165) is 51.6 Å². The molecular formula is C17H29N3O. The van der Waals surface area contributed by atoms with Gasteiger partial charge in [-0.15, -0.1) is 0 Å². The predicted molar refractivity (Wildman–Crippen MR) is 88.0 cm³/mol. The molecule has 1 aliphatic rings. The summed E-state index contributed by atoms with van der Waals surface area (Å²) in [5.41, 5.74) is 1.25. The number of benzene rings is 1. The molecule has 2 rings (SSSR count). The maximum absolute atomic E-state index is 6.04. The van der Waals surface area contributed by atoms with Gasteiger partial charge in [0.1, 0.15) is 12.4 Å². The standard InChI is InChI=1S/C17H29N3O/c1-4-18-15(2)16-7-5-6-8-17(16)21-14-13-20-11-9-19(3)10-12-20/h5-8,15,18H,4,9-14H2,1-3H3. The number of nitrogens with zero attached hydrogens (tertiary/aromatic N) is 2. The molecule has 1 N–H and O–H groups in total. The summed E-state index contributed by atoms with van der Waals surface area (Å²) in [5, 5.41) is 3.45. The molecule has 1 atom stereocenters. The van der Waals surface area contributed by atoms with Crippen LogP contribution < -0.4 is 10.1 Å². The van der Waals surface area contributed by atoms with Crippen molar-refractivity contribution < 1.29 is 4.74 Å². The van der Waals surface area contributed by atoms with Crippen LogP contribution in [0.15, 0.2) is 24.3 Å². The van der Waals surface area contributed by atoms with Crippen LogP contribution in [0.2, 0.25) is 0 Å². The molecule has 0 aromatic heterocycles. The second kappa shape index (κ2) is 8.37. The van der Waals surface area contributed by atoms with Gasteiger partial charge in [-0.2, -0.15) is 0 Å². The minimum Gasteiger partial charge on any atom is -0.492 e. The zero-order valence-electron chi connectivity index (χ0n) is 13.6. The Morgan fingerprint density at radius 1 is 1.19 bits per heavy atom. The van der Waals surface area contributed by atoms with E-state index >= 15 is 0 Å². The van der Waals surface area contributed by atoms with Gasteiger partial charge in [0.25, 0.3) is 0 Å². The summed E-state index contributed by atoms with van der Waals surface area (Å²) in [4.78, 5) is 4.86. The summed E-state index contributed by atoms with van der Waals surface area (Å²) in [6, 6.07) is 8.69. The van der Waals surface area contributed by atoms with Crippen LogP contribution in [0.1, 0.15) is 25.5 Å². The van der Waals surface area contributed by atoms with Crippen molar-refractivity contribution >= 4 is 0 Å². The molecule has 1 unspecified atom stereocenters. The molecule has 118 valence electrons. The van der Waals surface area contributed by atoms with Gasteiger partial charge in [-0.05, 0) is 26.6 Å². The van der Waals surface area contributed by atoms with E-state index in [1.54, 1.807) is 0 Å². The minimum atomic E-state index is 0.329. The van der Waals surface area contributed by atoms with Crippen LogP contribution in [0.4, 0.5) is 0 Å². The van der Waals surface area contributed by atoms with Crippen LogP contribution in [0, 0.1) is 0 Å². The van der Waals surface area contributed by atoms with E-state index in [1.165, 1.54) is 5.56 Å². The summed E-state index contributed by atoms with van der Waals surface area (Å²) in [5.74, 6) is 1.01. The molecule has 0 bridgehead atoms. The number of rotatable bonds is 7. The number of para-hydroxylation sites is 1. The Kier molecular flexibility index (Phi) is 6.49. The molecule has 1 heterocycles. The molecule has 0 spiro atoms. The molecule has 1 aromatic carbocycles. The molecule has 0 aliphatic carbocycles. The third-order valence-corrected chi connectivity index (χ3v) is 4.16. The van der Waals surface area contributed by atoms with E-state index in [2.05, 4.69) is 54.2 Å². The summed E-state index contributed by atoms with van der Waals surface area (Å²) < 4.78 is 6.04. The molecule has 4 heteroatoms. The lowest BCUT2D eigenvalue weighted by Gasteiger charge is -2.32.